The summed E-state index contributed by atoms with van der Waals surface area (Å²) in [6.07, 6.45) is 0. The van der Waals surface area contributed by atoms with Crippen molar-refractivity contribution in [2.45, 2.75) is 11.8 Å². The van der Waals surface area contributed by atoms with E-state index in [1.54, 1.807) is 61.5 Å². The molecule has 1 heterocycles. The van der Waals surface area contributed by atoms with Gasteiger partial charge >= 0.3 is 0 Å². The van der Waals surface area contributed by atoms with Gasteiger partial charge in [-0.3, -0.25) is 4.79 Å². The summed E-state index contributed by atoms with van der Waals surface area (Å²) in [7, 11) is -3.70. The van der Waals surface area contributed by atoms with Crippen LogP contribution in [-0.2, 0) is 10.0 Å². The maximum absolute atomic E-state index is 14.0. The molecule has 0 spiro atoms. The van der Waals surface area contributed by atoms with Gasteiger partial charge in [-0.25, -0.2) is 12.8 Å². The van der Waals surface area contributed by atoms with Crippen LogP contribution in [0.1, 0.15) is 15.9 Å². The van der Waals surface area contributed by atoms with Gasteiger partial charge in [-0.05, 0) is 55.0 Å². The quantitative estimate of drug-likeness (QED) is 0.636. The molecule has 0 saturated carbocycles. The number of amides is 1. The minimum Gasteiger partial charge on any atom is -0.367 e. The summed E-state index contributed by atoms with van der Waals surface area (Å²) in [4.78, 5) is 14.4. The average Bonchev–Trinajstić information content (AvgIpc) is 2.81. The molecule has 32 heavy (non-hydrogen) atoms. The van der Waals surface area contributed by atoms with Crippen LogP contribution in [0.15, 0.2) is 77.7 Å². The van der Waals surface area contributed by atoms with Crippen molar-refractivity contribution in [2.24, 2.45) is 0 Å². The SMILES string of the molecule is Cc1cc(S(=O)(=O)N2CCN(c3ccccc3F)CC2)ccc1NC(=O)c1ccccc1. The third-order valence-corrected chi connectivity index (χ3v) is 7.45. The lowest BCUT2D eigenvalue weighted by Gasteiger charge is -2.35. The number of para-hydroxylation sites is 1. The highest BCUT2D eigenvalue weighted by atomic mass is 32.2. The Hall–Kier alpha value is -3.23. The Bertz CT molecular complexity index is 1220. The number of benzene rings is 3. The number of aryl methyl sites for hydroxylation is 1. The average molecular weight is 454 g/mol. The monoisotopic (exact) mass is 453 g/mol. The standard InChI is InChI=1S/C24H24FN3O3S/c1-18-17-20(11-12-22(18)26-24(29)19-7-3-2-4-8-19)32(30,31)28-15-13-27(14-16-28)23-10-6-5-9-21(23)25/h2-12,17H,13-16H2,1H3,(H,26,29). The Labute approximate surface area is 187 Å². The minimum atomic E-state index is -3.70. The molecule has 1 aliphatic rings. The van der Waals surface area contributed by atoms with E-state index in [0.717, 1.165) is 0 Å². The molecule has 0 atom stereocenters. The van der Waals surface area contributed by atoms with Crippen LogP contribution < -0.4 is 10.2 Å². The molecule has 0 aliphatic carbocycles. The zero-order valence-corrected chi connectivity index (χ0v) is 18.5. The Morgan fingerprint density at radius 1 is 0.906 bits per heavy atom. The second kappa shape index (κ2) is 9.10. The molecular formula is C24H24FN3O3S. The first-order chi connectivity index (χ1) is 15.4. The molecule has 4 rings (SSSR count). The lowest BCUT2D eigenvalue weighted by molar-refractivity contribution is 0.102. The summed E-state index contributed by atoms with van der Waals surface area (Å²) < 4.78 is 41.8. The summed E-state index contributed by atoms with van der Waals surface area (Å²) in [5.74, 6) is -0.568. The molecule has 1 N–H and O–H groups in total. The third-order valence-electron chi connectivity index (χ3n) is 5.55. The molecule has 1 aliphatic heterocycles. The molecule has 3 aromatic rings. The van der Waals surface area contributed by atoms with Gasteiger partial charge in [-0.2, -0.15) is 4.31 Å². The van der Waals surface area contributed by atoms with Crippen LogP contribution in [0.3, 0.4) is 0 Å². The Morgan fingerprint density at radius 3 is 2.22 bits per heavy atom. The Morgan fingerprint density at radius 2 is 1.56 bits per heavy atom. The van der Waals surface area contributed by atoms with Gasteiger partial charge in [-0.15, -0.1) is 0 Å². The summed E-state index contributed by atoms with van der Waals surface area (Å²) >= 11 is 0. The number of halogens is 1. The second-order valence-electron chi connectivity index (χ2n) is 7.64. The van der Waals surface area contributed by atoms with Gasteiger partial charge in [0.1, 0.15) is 5.82 Å². The van der Waals surface area contributed by atoms with E-state index in [1.165, 1.54) is 16.4 Å². The van der Waals surface area contributed by atoms with E-state index in [-0.39, 0.29) is 29.7 Å². The molecule has 0 radical (unpaired) electrons. The number of hydrogen-bond acceptors (Lipinski definition) is 4. The molecule has 1 saturated heterocycles. The molecule has 6 nitrogen and oxygen atoms in total. The van der Waals surface area contributed by atoms with Crippen LogP contribution in [0.4, 0.5) is 15.8 Å². The van der Waals surface area contributed by atoms with Crippen LogP contribution in [0.2, 0.25) is 0 Å². The van der Waals surface area contributed by atoms with Crippen molar-refractivity contribution in [3.05, 3.63) is 89.7 Å². The Kier molecular flexibility index (Phi) is 6.25. The zero-order chi connectivity index (χ0) is 22.7. The van der Waals surface area contributed by atoms with E-state index in [0.29, 0.717) is 35.6 Å². The number of sulfonamides is 1. The number of anilines is 2. The van der Waals surface area contributed by atoms with Crippen molar-refractivity contribution < 1.29 is 17.6 Å². The molecule has 1 amide bonds. The molecule has 1 fully saturated rings. The van der Waals surface area contributed by atoms with Crippen molar-refractivity contribution in [1.29, 1.82) is 0 Å². The summed E-state index contributed by atoms with van der Waals surface area (Å²) in [5, 5.41) is 2.82. The molecule has 0 bridgehead atoms. The van der Waals surface area contributed by atoms with Gasteiger partial charge in [-0.1, -0.05) is 30.3 Å². The van der Waals surface area contributed by atoms with Crippen LogP contribution in [0.5, 0.6) is 0 Å². The van der Waals surface area contributed by atoms with Crippen LogP contribution in [0.25, 0.3) is 0 Å². The second-order valence-corrected chi connectivity index (χ2v) is 9.58. The summed E-state index contributed by atoms with van der Waals surface area (Å²) in [6, 6.07) is 20.0. The van der Waals surface area contributed by atoms with E-state index in [4.69, 9.17) is 0 Å². The number of piperazine rings is 1. The number of nitrogens with one attached hydrogen (secondary N) is 1. The first kappa shape index (κ1) is 22.0. The third kappa shape index (κ3) is 4.51. The van der Waals surface area contributed by atoms with Gasteiger partial charge < -0.3 is 10.2 Å². The number of carbonyl (C=O) groups is 1. The highest BCUT2D eigenvalue weighted by Gasteiger charge is 2.29. The van der Waals surface area contributed by atoms with Gasteiger partial charge in [0.2, 0.25) is 10.0 Å². The maximum atomic E-state index is 14.0. The number of nitrogens with zero attached hydrogens (tertiary/aromatic N) is 2. The van der Waals surface area contributed by atoms with Crippen molar-refractivity contribution in [3.63, 3.8) is 0 Å². The zero-order valence-electron chi connectivity index (χ0n) is 17.7. The van der Waals surface area contributed by atoms with E-state index >= 15 is 0 Å². The number of carbonyl (C=O) groups excluding carboxylic acids is 1. The van der Waals surface area contributed by atoms with Crippen molar-refractivity contribution in [2.75, 3.05) is 36.4 Å². The van der Waals surface area contributed by atoms with Crippen LogP contribution >= 0.6 is 0 Å². The van der Waals surface area contributed by atoms with Crippen molar-refractivity contribution in [1.82, 2.24) is 4.31 Å². The summed E-state index contributed by atoms with van der Waals surface area (Å²) in [6.45, 7) is 3.11. The molecule has 8 heteroatoms. The fourth-order valence-corrected chi connectivity index (χ4v) is 5.26. The largest absolute Gasteiger partial charge is 0.367 e. The van der Waals surface area contributed by atoms with E-state index in [1.807, 2.05) is 11.0 Å². The maximum Gasteiger partial charge on any atom is 0.255 e. The van der Waals surface area contributed by atoms with Gasteiger partial charge in [0, 0.05) is 37.4 Å². The summed E-state index contributed by atoms with van der Waals surface area (Å²) in [5.41, 5.74) is 2.22. The van der Waals surface area contributed by atoms with Crippen LogP contribution in [-0.4, -0.2) is 44.8 Å². The van der Waals surface area contributed by atoms with Gasteiger partial charge in [0.25, 0.3) is 5.91 Å². The van der Waals surface area contributed by atoms with Crippen LogP contribution in [0, 0.1) is 12.7 Å². The van der Waals surface area contributed by atoms with Gasteiger partial charge in [0.15, 0.2) is 0 Å². The molecule has 3 aromatic carbocycles. The van der Waals surface area contributed by atoms with Crippen molar-refractivity contribution >= 4 is 27.3 Å². The fourth-order valence-electron chi connectivity index (χ4n) is 3.75. The lowest BCUT2D eigenvalue weighted by atomic mass is 10.1. The first-order valence-corrected chi connectivity index (χ1v) is 11.8. The Balaban J connectivity index is 1.46. The minimum absolute atomic E-state index is 0.173. The molecule has 0 aromatic heterocycles. The number of rotatable bonds is 5. The molecular weight excluding hydrogens is 429 g/mol. The number of hydrogen-bond donors (Lipinski definition) is 1. The first-order valence-electron chi connectivity index (χ1n) is 10.3. The predicted octanol–water partition coefficient (Wildman–Crippen LogP) is 3.90. The lowest BCUT2D eigenvalue weighted by Crippen LogP contribution is -2.48. The van der Waals surface area contributed by atoms with E-state index in [2.05, 4.69) is 5.32 Å². The van der Waals surface area contributed by atoms with E-state index in [9.17, 15) is 17.6 Å². The molecule has 166 valence electrons. The van der Waals surface area contributed by atoms with Gasteiger partial charge in [0.05, 0.1) is 10.6 Å². The topological polar surface area (TPSA) is 69.7 Å². The highest BCUT2D eigenvalue weighted by Crippen LogP contribution is 2.26. The molecule has 0 unspecified atom stereocenters. The van der Waals surface area contributed by atoms with E-state index < -0.39 is 10.0 Å². The van der Waals surface area contributed by atoms with Crippen molar-refractivity contribution in [3.8, 4) is 0 Å². The highest BCUT2D eigenvalue weighted by molar-refractivity contribution is 7.89. The fraction of sp³-hybridized carbons (Fsp3) is 0.208. The predicted molar refractivity (Wildman–Crippen MR) is 123 cm³/mol. The smallest absolute Gasteiger partial charge is 0.255 e. The normalized spacial score (nSPS) is 14.9.